The van der Waals surface area contributed by atoms with Crippen molar-refractivity contribution in [3.05, 3.63) is 36.5 Å². The molecule has 0 aliphatic carbocycles. The Morgan fingerprint density at radius 2 is 1.95 bits per heavy atom. The summed E-state index contributed by atoms with van der Waals surface area (Å²) in [7, 11) is -3.58. The lowest BCUT2D eigenvalue weighted by molar-refractivity contribution is -0.114. The molecule has 1 fully saturated rings. The van der Waals surface area contributed by atoms with Crippen LogP contribution in [0.2, 0.25) is 0 Å². The van der Waals surface area contributed by atoms with E-state index in [2.05, 4.69) is 37.4 Å². The van der Waals surface area contributed by atoms with Crippen LogP contribution in [0.25, 0.3) is 11.3 Å². The van der Waals surface area contributed by atoms with Gasteiger partial charge in [-0.1, -0.05) is 6.92 Å². The molecule has 1 unspecified atom stereocenters. The molecular formula is C27H32N6O5S. The molecule has 0 spiro atoms. The molecule has 0 saturated carbocycles. The lowest BCUT2D eigenvalue weighted by Gasteiger charge is -2.31. The van der Waals surface area contributed by atoms with Gasteiger partial charge in [0, 0.05) is 55.8 Å². The highest BCUT2D eigenvalue weighted by atomic mass is 32.2. The van der Waals surface area contributed by atoms with Gasteiger partial charge in [-0.05, 0) is 44.4 Å². The number of hydrogen-bond acceptors (Lipinski definition) is 10. The number of carbonyl (C=O) groups excluding carboxylic acids is 1. The van der Waals surface area contributed by atoms with Crippen LogP contribution in [0.4, 0.5) is 23.0 Å². The summed E-state index contributed by atoms with van der Waals surface area (Å²) in [6.07, 6.45) is 3.75. The van der Waals surface area contributed by atoms with Gasteiger partial charge in [-0.2, -0.15) is 0 Å². The number of ether oxygens (including phenoxy) is 2. The van der Waals surface area contributed by atoms with E-state index in [9.17, 15) is 13.2 Å². The second-order valence-corrected chi connectivity index (χ2v) is 12.7. The summed E-state index contributed by atoms with van der Waals surface area (Å²) in [5.41, 5.74) is 1.98. The SMILES string of the molecule is CC(=O)Nc1cc(Nc2cc(N3CCC(C)C3)cc(S(C)(=O)=O)n2)c(-c2ccc3c(n2)OCC(C)(C)O3)cn1. The van der Waals surface area contributed by atoms with Crippen molar-refractivity contribution in [2.75, 3.05) is 41.5 Å². The molecule has 2 aliphatic rings. The number of amides is 1. The van der Waals surface area contributed by atoms with Gasteiger partial charge in [-0.15, -0.1) is 0 Å². The second kappa shape index (κ2) is 9.99. The van der Waals surface area contributed by atoms with E-state index >= 15 is 0 Å². The molecular weight excluding hydrogens is 520 g/mol. The Balaban J connectivity index is 1.57. The van der Waals surface area contributed by atoms with E-state index in [1.54, 1.807) is 30.5 Å². The van der Waals surface area contributed by atoms with Crippen LogP contribution in [0.1, 0.15) is 34.1 Å². The first kappa shape index (κ1) is 26.7. The molecule has 0 aromatic carbocycles. The number of anilines is 4. The molecule has 206 valence electrons. The molecule has 1 atom stereocenters. The van der Waals surface area contributed by atoms with Gasteiger partial charge in [0.15, 0.2) is 20.6 Å². The van der Waals surface area contributed by atoms with Crippen LogP contribution in [-0.4, -0.2) is 60.8 Å². The first-order valence-electron chi connectivity index (χ1n) is 12.7. The van der Waals surface area contributed by atoms with Crippen molar-refractivity contribution < 1.29 is 22.7 Å². The third-order valence-electron chi connectivity index (χ3n) is 6.47. The molecule has 1 saturated heterocycles. The van der Waals surface area contributed by atoms with Gasteiger partial charge >= 0.3 is 0 Å². The number of aromatic nitrogens is 3. The van der Waals surface area contributed by atoms with Crippen LogP contribution in [0.5, 0.6) is 11.6 Å². The van der Waals surface area contributed by atoms with Crippen LogP contribution < -0.4 is 25.0 Å². The van der Waals surface area contributed by atoms with Crippen LogP contribution in [0.15, 0.2) is 41.6 Å². The number of nitrogens with zero attached hydrogens (tertiary/aromatic N) is 4. The minimum absolute atomic E-state index is 0.0280. The fraction of sp³-hybridized carbons (Fsp3) is 0.407. The molecule has 12 heteroatoms. The number of fused-ring (bicyclic) bond motifs is 1. The Hall–Kier alpha value is -3.93. The molecule has 1 amide bonds. The largest absolute Gasteiger partial charge is 0.479 e. The zero-order chi connectivity index (χ0) is 27.9. The number of nitrogens with one attached hydrogen (secondary N) is 2. The monoisotopic (exact) mass is 552 g/mol. The van der Waals surface area contributed by atoms with Crippen LogP contribution in [-0.2, 0) is 14.6 Å². The zero-order valence-corrected chi connectivity index (χ0v) is 23.4. The van der Waals surface area contributed by atoms with Gasteiger partial charge in [0.2, 0.25) is 5.91 Å². The van der Waals surface area contributed by atoms with E-state index in [1.807, 2.05) is 19.9 Å². The quantitative estimate of drug-likeness (QED) is 0.461. The van der Waals surface area contributed by atoms with Gasteiger partial charge < -0.3 is 25.0 Å². The average molecular weight is 553 g/mol. The molecule has 5 heterocycles. The average Bonchev–Trinajstić information content (AvgIpc) is 3.29. The number of carbonyl (C=O) groups is 1. The Morgan fingerprint density at radius 3 is 2.64 bits per heavy atom. The standard InChI is InChI=1S/C27H32N6O5S/c1-16-8-9-33(14-16)18-10-24(32-25(11-18)39(5,35)36)30-21-12-23(29-17(2)34)28-13-19(21)20-6-7-22-26(31-20)37-15-27(3,4)38-22/h6-7,10-13,16H,8-9,14-15H2,1-5H3,(H2,28,29,30,32,34). The summed E-state index contributed by atoms with van der Waals surface area (Å²) in [5, 5.41) is 5.92. The molecule has 11 nitrogen and oxygen atoms in total. The lowest BCUT2D eigenvalue weighted by atomic mass is 10.1. The number of sulfone groups is 1. The Bertz CT molecular complexity index is 1540. The molecule has 2 N–H and O–H groups in total. The van der Waals surface area contributed by atoms with Gasteiger partial charge in [0.05, 0.1) is 11.4 Å². The van der Waals surface area contributed by atoms with Gasteiger partial charge in [0.1, 0.15) is 23.8 Å². The third-order valence-corrected chi connectivity index (χ3v) is 7.44. The van der Waals surface area contributed by atoms with Gasteiger partial charge in [-0.3, -0.25) is 4.79 Å². The predicted molar refractivity (Wildman–Crippen MR) is 149 cm³/mol. The third kappa shape index (κ3) is 6.06. The number of rotatable bonds is 6. The molecule has 5 rings (SSSR count). The molecule has 2 aliphatic heterocycles. The van der Waals surface area contributed by atoms with Crippen molar-refractivity contribution in [3.8, 4) is 22.9 Å². The summed E-state index contributed by atoms with van der Waals surface area (Å²) in [5.74, 6) is 1.80. The Kier molecular flexibility index (Phi) is 6.83. The van der Waals surface area contributed by atoms with Crippen molar-refractivity contribution in [3.63, 3.8) is 0 Å². The van der Waals surface area contributed by atoms with Crippen molar-refractivity contribution in [1.82, 2.24) is 15.0 Å². The van der Waals surface area contributed by atoms with E-state index < -0.39 is 15.4 Å². The van der Waals surface area contributed by atoms with Crippen LogP contribution >= 0.6 is 0 Å². The minimum atomic E-state index is -3.58. The maximum atomic E-state index is 12.5. The first-order valence-corrected chi connectivity index (χ1v) is 14.6. The zero-order valence-electron chi connectivity index (χ0n) is 22.6. The van der Waals surface area contributed by atoms with Crippen LogP contribution in [0, 0.1) is 5.92 Å². The fourth-order valence-corrected chi connectivity index (χ4v) is 5.17. The molecule has 39 heavy (non-hydrogen) atoms. The summed E-state index contributed by atoms with van der Waals surface area (Å²) in [6, 6.07) is 8.68. The normalized spacial score (nSPS) is 18.1. The number of hydrogen-bond donors (Lipinski definition) is 2. The Morgan fingerprint density at radius 1 is 1.15 bits per heavy atom. The van der Waals surface area contributed by atoms with Gasteiger partial charge in [-0.25, -0.2) is 23.4 Å². The van der Waals surface area contributed by atoms with E-state index in [0.29, 0.717) is 52.7 Å². The van der Waals surface area contributed by atoms with Crippen molar-refractivity contribution >= 4 is 38.8 Å². The first-order chi connectivity index (χ1) is 18.4. The van der Waals surface area contributed by atoms with E-state index in [-0.39, 0.29) is 10.9 Å². The van der Waals surface area contributed by atoms with Crippen molar-refractivity contribution in [2.45, 2.75) is 44.7 Å². The van der Waals surface area contributed by atoms with Gasteiger partial charge in [0.25, 0.3) is 5.88 Å². The molecule has 3 aromatic heterocycles. The highest BCUT2D eigenvalue weighted by molar-refractivity contribution is 7.90. The summed E-state index contributed by atoms with van der Waals surface area (Å²) in [6.45, 7) is 9.45. The van der Waals surface area contributed by atoms with E-state index in [1.165, 1.54) is 6.92 Å². The van der Waals surface area contributed by atoms with E-state index in [0.717, 1.165) is 31.5 Å². The minimum Gasteiger partial charge on any atom is -0.479 e. The lowest BCUT2D eigenvalue weighted by Crippen LogP contribution is -2.39. The summed E-state index contributed by atoms with van der Waals surface area (Å²) >= 11 is 0. The second-order valence-electron chi connectivity index (χ2n) is 10.7. The highest BCUT2D eigenvalue weighted by Crippen LogP contribution is 2.38. The van der Waals surface area contributed by atoms with Crippen molar-refractivity contribution in [2.24, 2.45) is 5.92 Å². The number of pyridine rings is 3. The fourth-order valence-electron chi connectivity index (χ4n) is 4.58. The predicted octanol–water partition coefficient (Wildman–Crippen LogP) is 4.04. The van der Waals surface area contributed by atoms with Crippen molar-refractivity contribution in [1.29, 1.82) is 0 Å². The van der Waals surface area contributed by atoms with E-state index in [4.69, 9.17) is 9.47 Å². The molecule has 0 radical (unpaired) electrons. The molecule has 0 bridgehead atoms. The summed E-state index contributed by atoms with van der Waals surface area (Å²) < 4.78 is 36.9. The van der Waals surface area contributed by atoms with Crippen LogP contribution in [0.3, 0.4) is 0 Å². The highest BCUT2D eigenvalue weighted by Gasteiger charge is 2.29. The topological polar surface area (TPSA) is 136 Å². The Labute approximate surface area is 227 Å². The maximum Gasteiger partial charge on any atom is 0.257 e. The maximum absolute atomic E-state index is 12.5. The smallest absolute Gasteiger partial charge is 0.257 e. The molecule has 3 aromatic rings. The summed E-state index contributed by atoms with van der Waals surface area (Å²) in [4.78, 5) is 27.3.